The Morgan fingerprint density at radius 1 is 1.13 bits per heavy atom. The molecule has 1 aromatic rings. The van der Waals surface area contributed by atoms with Gasteiger partial charge in [-0.2, -0.15) is 0 Å². The van der Waals surface area contributed by atoms with E-state index in [4.69, 9.17) is 14.3 Å². The molecule has 0 aromatic carbocycles. The molecular weight excluding hydrogens is 497 g/mol. The number of hydrogen-bond acceptors (Lipinski definition) is 5. The predicted octanol–water partition coefficient (Wildman–Crippen LogP) is 4.09. The van der Waals surface area contributed by atoms with Gasteiger partial charge in [0.25, 0.3) is 0 Å². The lowest BCUT2D eigenvalue weighted by atomic mass is 9.93. The number of carbonyl (C=O) groups is 1. The van der Waals surface area contributed by atoms with Crippen LogP contribution in [0.4, 0.5) is 4.79 Å². The highest BCUT2D eigenvalue weighted by Gasteiger charge is 2.30. The molecule has 0 saturated heterocycles. The number of guanidine groups is 1. The Kier molecular flexibility index (Phi) is 12.4. The molecule has 1 amide bonds. The number of nitrogens with zero attached hydrogens (tertiary/aromatic N) is 2. The maximum absolute atomic E-state index is 12.3. The zero-order chi connectivity index (χ0) is 22.1. The van der Waals surface area contributed by atoms with Crippen LogP contribution in [0, 0.1) is 13.8 Å². The molecule has 174 valence electrons. The van der Waals surface area contributed by atoms with Crippen LogP contribution in [0.3, 0.4) is 0 Å². The molecular formula is C21H40IN5O3. The van der Waals surface area contributed by atoms with Gasteiger partial charge in [0.2, 0.25) is 0 Å². The van der Waals surface area contributed by atoms with Gasteiger partial charge >= 0.3 is 6.09 Å². The van der Waals surface area contributed by atoms with E-state index in [1.165, 1.54) is 0 Å². The lowest BCUT2D eigenvalue weighted by molar-refractivity contribution is 0.0452. The van der Waals surface area contributed by atoms with Crippen molar-refractivity contribution in [3.63, 3.8) is 0 Å². The first-order valence-electron chi connectivity index (χ1n) is 10.5. The minimum absolute atomic E-state index is 0. The van der Waals surface area contributed by atoms with Gasteiger partial charge in [0.05, 0.1) is 17.8 Å². The number of carbonyl (C=O) groups excluding carboxylic acids is 1. The van der Waals surface area contributed by atoms with Gasteiger partial charge in [0.1, 0.15) is 11.4 Å². The molecule has 0 saturated carbocycles. The number of nitrogens with one attached hydrogen (secondary N) is 3. The number of rotatable bonds is 9. The summed E-state index contributed by atoms with van der Waals surface area (Å²) in [6.45, 7) is 17.5. The van der Waals surface area contributed by atoms with Crippen molar-refractivity contribution in [2.75, 3.05) is 19.6 Å². The number of ether oxygens (including phenoxy) is 1. The van der Waals surface area contributed by atoms with Crippen LogP contribution < -0.4 is 16.0 Å². The predicted molar refractivity (Wildman–Crippen MR) is 132 cm³/mol. The van der Waals surface area contributed by atoms with E-state index in [-0.39, 0.29) is 24.0 Å². The van der Waals surface area contributed by atoms with Gasteiger partial charge in [0.15, 0.2) is 5.96 Å². The van der Waals surface area contributed by atoms with Crippen molar-refractivity contribution in [1.29, 1.82) is 0 Å². The van der Waals surface area contributed by atoms with Gasteiger partial charge in [-0.3, -0.25) is 4.99 Å². The van der Waals surface area contributed by atoms with Crippen LogP contribution in [0.15, 0.2) is 9.52 Å². The summed E-state index contributed by atoms with van der Waals surface area (Å²) in [5.74, 6) is 1.57. The third kappa shape index (κ3) is 9.53. The van der Waals surface area contributed by atoms with Gasteiger partial charge in [-0.1, -0.05) is 19.0 Å². The fourth-order valence-corrected chi connectivity index (χ4v) is 2.95. The fourth-order valence-electron chi connectivity index (χ4n) is 2.95. The van der Waals surface area contributed by atoms with Crippen LogP contribution >= 0.6 is 24.0 Å². The molecule has 0 spiro atoms. The van der Waals surface area contributed by atoms with E-state index < -0.39 is 17.2 Å². The number of alkyl carbamates (subject to hydrolysis) is 1. The monoisotopic (exact) mass is 537 g/mol. The molecule has 0 fully saturated rings. The molecule has 0 atom stereocenters. The summed E-state index contributed by atoms with van der Waals surface area (Å²) in [5.41, 5.74) is 1.06. The molecule has 8 nitrogen and oxygen atoms in total. The highest BCUT2D eigenvalue weighted by atomic mass is 127. The van der Waals surface area contributed by atoms with Crippen molar-refractivity contribution in [2.45, 2.75) is 85.8 Å². The first kappa shape index (κ1) is 28.5. The van der Waals surface area contributed by atoms with Gasteiger partial charge in [-0.25, -0.2) is 4.79 Å². The second-order valence-electron chi connectivity index (χ2n) is 8.29. The van der Waals surface area contributed by atoms with E-state index in [0.29, 0.717) is 13.1 Å². The Hall–Kier alpha value is -1.52. The molecule has 1 rings (SSSR count). The zero-order valence-electron chi connectivity index (χ0n) is 19.8. The molecule has 0 aliphatic carbocycles. The molecule has 0 aliphatic rings. The minimum Gasteiger partial charge on any atom is -0.444 e. The minimum atomic E-state index is -0.532. The van der Waals surface area contributed by atoms with Crippen LogP contribution in [0.25, 0.3) is 0 Å². The summed E-state index contributed by atoms with van der Waals surface area (Å²) < 4.78 is 10.7. The van der Waals surface area contributed by atoms with E-state index in [1.807, 2.05) is 55.4 Å². The quantitative estimate of drug-likeness (QED) is 0.249. The summed E-state index contributed by atoms with van der Waals surface area (Å²) in [6.07, 6.45) is 1.90. The van der Waals surface area contributed by atoms with E-state index in [1.54, 1.807) is 0 Å². The average Bonchev–Trinajstić information content (AvgIpc) is 2.95. The fraction of sp³-hybridized carbons (Fsp3) is 0.762. The normalized spacial score (nSPS) is 12.2. The Morgan fingerprint density at radius 3 is 2.23 bits per heavy atom. The van der Waals surface area contributed by atoms with Gasteiger partial charge in [0, 0.05) is 18.7 Å². The Labute approximate surface area is 198 Å². The van der Waals surface area contributed by atoms with Crippen LogP contribution in [0.5, 0.6) is 0 Å². The summed E-state index contributed by atoms with van der Waals surface area (Å²) >= 11 is 0. The summed E-state index contributed by atoms with van der Waals surface area (Å²) in [7, 11) is 0. The third-order valence-corrected chi connectivity index (χ3v) is 4.85. The number of halogens is 1. The largest absolute Gasteiger partial charge is 0.444 e. The van der Waals surface area contributed by atoms with Crippen molar-refractivity contribution in [3.05, 3.63) is 17.0 Å². The molecule has 1 heterocycles. The Bertz CT molecular complexity index is 659. The van der Waals surface area contributed by atoms with E-state index in [2.05, 4.69) is 21.1 Å². The first-order valence-corrected chi connectivity index (χ1v) is 10.5. The summed E-state index contributed by atoms with van der Waals surface area (Å²) in [6, 6.07) is 0. The smallest absolute Gasteiger partial charge is 0.408 e. The van der Waals surface area contributed by atoms with Crippen molar-refractivity contribution in [1.82, 2.24) is 21.1 Å². The van der Waals surface area contributed by atoms with Crippen molar-refractivity contribution < 1.29 is 14.1 Å². The molecule has 9 heteroatoms. The van der Waals surface area contributed by atoms with E-state index >= 15 is 0 Å². The van der Waals surface area contributed by atoms with Crippen molar-refractivity contribution >= 4 is 36.0 Å². The summed E-state index contributed by atoms with van der Waals surface area (Å²) in [5, 5.41) is 13.6. The van der Waals surface area contributed by atoms with Crippen LogP contribution in [-0.2, 0) is 11.2 Å². The van der Waals surface area contributed by atoms with Crippen molar-refractivity contribution in [3.8, 4) is 0 Å². The highest BCUT2D eigenvalue weighted by molar-refractivity contribution is 14.0. The molecule has 0 radical (unpaired) electrons. The van der Waals surface area contributed by atoms with Crippen molar-refractivity contribution in [2.24, 2.45) is 4.99 Å². The molecule has 30 heavy (non-hydrogen) atoms. The summed E-state index contributed by atoms with van der Waals surface area (Å²) in [4.78, 5) is 17.0. The van der Waals surface area contributed by atoms with E-state index in [0.717, 1.165) is 48.8 Å². The molecule has 0 aliphatic heterocycles. The highest BCUT2D eigenvalue weighted by Crippen LogP contribution is 2.18. The van der Waals surface area contributed by atoms with Crippen LogP contribution in [0.1, 0.15) is 71.4 Å². The standard InChI is InChI=1S/C21H39N5O3.HI/c1-9-21(10-2,25-19(27)28-20(6,7)8)14-24-18(22-11-3)23-13-12-17-15(4)26-29-16(17)5;/h9-14H2,1-8H3,(H,25,27)(H2,22,23,24);1H. The van der Waals surface area contributed by atoms with Gasteiger partial charge in [-0.15, -0.1) is 24.0 Å². The Morgan fingerprint density at radius 2 is 1.77 bits per heavy atom. The van der Waals surface area contributed by atoms with Crippen LogP contribution in [-0.4, -0.2) is 48.0 Å². The molecule has 1 aromatic heterocycles. The number of hydrogen-bond donors (Lipinski definition) is 3. The molecule has 0 bridgehead atoms. The van der Waals surface area contributed by atoms with Gasteiger partial charge < -0.3 is 25.2 Å². The van der Waals surface area contributed by atoms with Gasteiger partial charge in [-0.05, 0) is 60.8 Å². The number of amides is 1. The third-order valence-electron chi connectivity index (χ3n) is 4.85. The van der Waals surface area contributed by atoms with E-state index in [9.17, 15) is 4.79 Å². The molecule has 0 unspecified atom stereocenters. The maximum atomic E-state index is 12.3. The average molecular weight is 537 g/mol. The first-order chi connectivity index (χ1) is 13.6. The zero-order valence-corrected chi connectivity index (χ0v) is 22.1. The number of aliphatic imine (C=N–C) groups is 1. The van der Waals surface area contributed by atoms with Crippen LogP contribution in [0.2, 0.25) is 0 Å². The lowest BCUT2D eigenvalue weighted by Gasteiger charge is -2.32. The molecule has 3 N–H and O–H groups in total. The number of aryl methyl sites for hydroxylation is 2. The second-order valence-corrected chi connectivity index (χ2v) is 8.29. The Balaban J connectivity index is 0.00000841. The number of aromatic nitrogens is 1. The maximum Gasteiger partial charge on any atom is 0.408 e. The SMILES string of the molecule is CCNC(=NCC(CC)(CC)NC(=O)OC(C)(C)C)NCCc1c(C)noc1C.I. The topological polar surface area (TPSA) is 101 Å². The lowest BCUT2D eigenvalue weighted by Crippen LogP contribution is -2.52. The second kappa shape index (κ2) is 13.0.